The number of rotatable bonds is 2. The fourth-order valence-electron chi connectivity index (χ4n) is 1.68. The minimum Gasteiger partial charge on any atom is -0.369 e. The molecule has 1 heterocycles. The average molecular weight is 219 g/mol. The number of hydrogen-bond acceptors (Lipinski definition) is 2. The quantitative estimate of drug-likeness (QED) is 0.843. The summed E-state index contributed by atoms with van der Waals surface area (Å²) in [6.45, 7) is 3.71. The van der Waals surface area contributed by atoms with Gasteiger partial charge in [0.1, 0.15) is 5.82 Å². The molecule has 0 spiro atoms. The van der Waals surface area contributed by atoms with Crippen LogP contribution in [0.1, 0.15) is 24.1 Å². The molecule has 0 aliphatic carbocycles. The number of aromatic nitrogens is 2. The predicted octanol–water partition coefficient (Wildman–Crippen LogP) is 2.52. The van der Waals surface area contributed by atoms with Crippen molar-refractivity contribution in [2.75, 3.05) is 5.73 Å². The molecule has 3 nitrogen and oxygen atoms in total. The highest BCUT2D eigenvalue weighted by molar-refractivity contribution is 5.29. The summed E-state index contributed by atoms with van der Waals surface area (Å²) < 4.78 is 15.2. The van der Waals surface area contributed by atoms with E-state index >= 15 is 0 Å². The fourth-order valence-corrected chi connectivity index (χ4v) is 1.68. The predicted molar refractivity (Wildman–Crippen MR) is 61.6 cm³/mol. The minimum absolute atomic E-state index is 0.0161. The zero-order chi connectivity index (χ0) is 11.7. The molecule has 1 atom stereocenters. The van der Waals surface area contributed by atoms with Crippen LogP contribution in [0, 0.1) is 12.7 Å². The van der Waals surface area contributed by atoms with Crippen LogP contribution in [-0.2, 0) is 0 Å². The van der Waals surface area contributed by atoms with Crippen LogP contribution in [0.2, 0.25) is 0 Å². The normalized spacial score (nSPS) is 12.7. The first-order chi connectivity index (χ1) is 7.59. The largest absolute Gasteiger partial charge is 0.369 e. The second-order valence-corrected chi connectivity index (χ2v) is 3.88. The van der Waals surface area contributed by atoms with Crippen LogP contribution in [0.3, 0.4) is 0 Å². The number of halogens is 1. The molecule has 1 unspecified atom stereocenters. The topological polar surface area (TPSA) is 43.8 Å². The second kappa shape index (κ2) is 3.96. The number of nitrogens with two attached hydrogens (primary N) is 1. The van der Waals surface area contributed by atoms with Crippen LogP contribution in [-0.4, -0.2) is 9.55 Å². The molecule has 0 bridgehead atoms. The molecule has 0 aliphatic heterocycles. The molecular formula is C12H14FN3. The molecular weight excluding hydrogens is 205 g/mol. The average Bonchev–Trinajstić information content (AvgIpc) is 2.67. The van der Waals surface area contributed by atoms with Crippen molar-refractivity contribution in [3.8, 4) is 0 Å². The van der Waals surface area contributed by atoms with Crippen LogP contribution in [0.15, 0.2) is 30.6 Å². The third-order valence-electron chi connectivity index (χ3n) is 2.79. The van der Waals surface area contributed by atoms with E-state index in [1.165, 1.54) is 0 Å². The Morgan fingerprint density at radius 1 is 1.44 bits per heavy atom. The lowest BCUT2D eigenvalue weighted by Crippen LogP contribution is -2.09. The summed E-state index contributed by atoms with van der Waals surface area (Å²) in [6, 6.07) is 5.20. The van der Waals surface area contributed by atoms with Gasteiger partial charge in [-0.15, -0.1) is 0 Å². The summed E-state index contributed by atoms with van der Waals surface area (Å²) in [5.74, 6) is 0.247. The van der Waals surface area contributed by atoms with Crippen LogP contribution in [0.25, 0.3) is 0 Å². The number of imidazole rings is 1. The van der Waals surface area contributed by atoms with Gasteiger partial charge in [-0.3, -0.25) is 0 Å². The van der Waals surface area contributed by atoms with Crippen molar-refractivity contribution in [1.82, 2.24) is 9.55 Å². The lowest BCUT2D eigenvalue weighted by molar-refractivity contribution is 0.600. The van der Waals surface area contributed by atoms with Gasteiger partial charge in [0.25, 0.3) is 0 Å². The highest BCUT2D eigenvalue weighted by Gasteiger charge is 2.11. The molecule has 1 aromatic carbocycles. The molecule has 16 heavy (non-hydrogen) atoms. The maximum absolute atomic E-state index is 13.4. The van der Waals surface area contributed by atoms with Crippen molar-refractivity contribution < 1.29 is 4.39 Å². The van der Waals surface area contributed by atoms with Crippen molar-refractivity contribution in [2.45, 2.75) is 19.9 Å². The number of nitrogen functional groups attached to an aromatic ring is 1. The molecule has 0 amide bonds. The second-order valence-electron chi connectivity index (χ2n) is 3.88. The van der Waals surface area contributed by atoms with E-state index in [0.717, 1.165) is 5.56 Å². The Labute approximate surface area is 93.7 Å². The molecule has 0 radical (unpaired) electrons. The van der Waals surface area contributed by atoms with E-state index in [1.807, 2.05) is 17.6 Å². The first-order valence-electron chi connectivity index (χ1n) is 5.14. The zero-order valence-electron chi connectivity index (χ0n) is 9.31. The first kappa shape index (κ1) is 10.7. The monoisotopic (exact) mass is 219 g/mol. The molecule has 1 aromatic heterocycles. The fraction of sp³-hybridized carbons (Fsp3) is 0.250. The Bertz CT molecular complexity index is 505. The molecule has 4 heteroatoms. The zero-order valence-corrected chi connectivity index (χ0v) is 9.31. The van der Waals surface area contributed by atoms with Gasteiger partial charge in [-0.05, 0) is 31.0 Å². The van der Waals surface area contributed by atoms with E-state index in [-0.39, 0.29) is 11.9 Å². The van der Waals surface area contributed by atoms with Crippen molar-refractivity contribution in [3.05, 3.63) is 47.5 Å². The number of nitrogens with zero attached hydrogens (tertiary/aromatic N) is 2. The van der Waals surface area contributed by atoms with Gasteiger partial charge in [-0.2, -0.15) is 0 Å². The van der Waals surface area contributed by atoms with Gasteiger partial charge in [-0.1, -0.05) is 12.1 Å². The lowest BCUT2D eigenvalue weighted by Gasteiger charge is -2.15. The van der Waals surface area contributed by atoms with Gasteiger partial charge in [0.05, 0.1) is 6.04 Å². The van der Waals surface area contributed by atoms with Crippen LogP contribution >= 0.6 is 0 Å². The van der Waals surface area contributed by atoms with E-state index < -0.39 is 0 Å². The van der Waals surface area contributed by atoms with Crippen LogP contribution in [0.5, 0.6) is 0 Å². The van der Waals surface area contributed by atoms with Gasteiger partial charge >= 0.3 is 0 Å². The highest BCUT2D eigenvalue weighted by Crippen LogP contribution is 2.22. The summed E-state index contributed by atoms with van der Waals surface area (Å²) in [5, 5.41) is 0. The number of anilines is 1. The van der Waals surface area contributed by atoms with Crippen molar-refractivity contribution in [2.24, 2.45) is 0 Å². The van der Waals surface area contributed by atoms with Gasteiger partial charge < -0.3 is 10.3 Å². The molecule has 2 rings (SSSR count). The Hall–Kier alpha value is -1.84. The van der Waals surface area contributed by atoms with Gasteiger partial charge in [0.15, 0.2) is 0 Å². The van der Waals surface area contributed by atoms with Crippen molar-refractivity contribution >= 4 is 5.95 Å². The molecule has 0 saturated carbocycles. The van der Waals surface area contributed by atoms with Crippen molar-refractivity contribution in [3.63, 3.8) is 0 Å². The summed E-state index contributed by atoms with van der Waals surface area (Å²) in [5.41, 5.74) is 7.23. The first-order valence-corrected chi connectivity index (χ1v) is 5.14. The third-order valence-corrected chi connectivity index (χ3v) is 2.79. The number of hydrogen-bond donors (Lipinski definition) is 1. The molecule has 84 valence electrons. The van der Waals surface area contributed by atoms with E-state index in [9.17, 15) is 4.39 Å². The lowest BCUT2D eigenvalue weighted by atomic mass is 10.1. The SMILES string of the molecule is Cc1ccc(C(C)n2ccnc2N)cc1F. The van der Waals surface area contributed by atoms with Gasteiger partial charge in [0, 0.05) is 12.4 Å². The molecule has 2 N–H and O–H groups in total. The Morgan fingerprint density at radius 2 is 2.19 bits per heavy atom. The summed E-state index contributed by atoms with van der Waals surface area (Å²) in [4.78, 5) is 3.95. The maximum atomic E-state index is 13.4. The third kappa shape index (κ3) is 1.78. The molecule has 0 saturated heterocycles. The van der Waals surface area contributed by atoms with Crippen LogP contribution < -0.4 is 5.73 Å². The van der Waals surface area contributed by atoms with Gasteiger partial charge in [0.2, 0.25) is 5.95 Å². The smallest absolute Gasteiger partial charge is 0.200 e. The summed E-state index contributed by atoms with van der Waals surface area (Å²) >= 11 is 0. The number of aryl methyl sites for hydroxylation is 1. The van der Waals surface area contributed by atoms with E-state index in [0.29, 0.717) is 11.5 Å². The van der Waals surface area contributed by atoms with E-state index in [1.54, 1.807) is 31.5 Å². The maximum Gasteiger partial charge on any atom is 0.200 e. The molecule has 0 fully saturated rings. The van der Waals surface area contributed by atoms with Crippen LogP contribution in [0.4, 0.5) is 10.3 Å². The molecule has 2 aromatic rings. The standard InChI is InChI=1S/C12H14FN3/c1-8-3-4-10(7-11(8)13)9(2)16-6-5-15-12(16)14/h3-7,9H,1-2H3,(H2,14,15). The van der Waals surface area contributed by atoms with Gasteiger partial charge in [-0.25, -0.2) is 9.37 Å². The summed E-state index contributed by atoms with van der Waals surface area (Å²) in [6.07, 6.45) is 3.42. The Morgan fingerprint density at radius 3 is 2.75 bits per heavy atom. The highest BCUT2D eigenvalue weighted by atomic mass is 19.1. The number of benzene rings is 1. The minimum atomic E-state index is -0.192. The van der Waals surface area contributed by atoms with E-state index in [2.05, 4.69) is 4.98 Å². The molecule has 0 aliphatic rings. The van der Waals surface area contributed by atoms with Crippen molar-refractivity contribution in [1.29, 1.82) is 0 Å². The Balaban J connectivity index is 2.38. The van der Waals surface area contributed by atoms with E-state index in [4.69, 9.17) is 5.73 Å². The summed E-state index contributed by atoms with van der Waals surface area (Å²) in [7, 11) is 0. The Kier molecular flexibility index (Phi) is 2.64.